The number of hydrogen-bond acceptors (Lipinski definition) is 1. The average molecular weight is 289 g/mol. The minimum Gasteiger partial charge on any atom is -0.309 e. The average Bonchev–Trinajstić information content (AvgIpc) is 2.42. The van der Waals surface area contributed by atoms with E-state index in [4.69, 9.17) is 0 Å². The van der Waals surface area contributed by atoms with E-state index in [2.05, 4.69) is 25.2 Å². The molecule has 0 aliphatic heterocycles. The molecule has 1 unspecified atom stereocenters. The van der Waals surface area contributed by atoms with Gasteiger partial charge in [-0.15, -0.1) is 0 Å². The maximum atomic E-state index is 14.2. The Morgan fingerprint density at radius 1 is 0.905 bits per heavy atom. The third-order valence-electron chi connectivity index (χ3n) is 4.27. The smallest absolute Gasteiger partial charge is 0.131 e. The van der Waals surface area contributed by atoms with E-state index in [0.29, 0.717) is 5.56 Å². The molecule has 0 aliphatic rings. The Balaban J connectivity index is 2.67. The zero-order valence-electron chi connectivity index (χ0n) is 13.1. The lowest BCUT2D eigenvalue weighted by molar-refractivity contribution is 0.550. The predicted octanol–water partition coefficient (Wildman–Crippen LogP) is 4.51. The van der Waals surface area contributed by atoms with Crippen LogP contribution in [-0.4, -0.2) is 7.05 Å². The van der Waals surface area contributed by atoms with Gasteiger partial charge in [0.1, 0.15) is 11.6 Å². The fourth-order valence-electron chi connectivity index (χ4n) is 2.87. The van der Waals surface area contributed by atoms with Crippen LogP contribution in [0.5, 0.6) is 0 Å². The van der Waals surface area contributed by atoms with Crippen LogP contribution in [0.15, 0.2) is 24.3 Å². The van der Waals surface area contributed by atoms with Crippen molar-refractivity contribution in [3.05, 3.63) is 69.3 Å². The highest BCUT2D eigenvalue weighted by Gasteiger charge is 2.22. The van der Waals surface area contributed by atoms with Crippen molar-refractivity contribution in [3.63, 3.8) is 0 Å². The van der Waals surface area contributed by atoms with Crippen molar-refractivity contribution in [2.45, 2.75) is 33.7 Å². The fraction of sp³-hybridized carbons (Fsp3) is 0.333. The van der Waals surface area contributed by atoms with E-state index < -0.39 is 11.6 Å². The van der Waals surface area contributed by atoms with E-state index in [1.807, 2.05) is 13.8 Å². The summed E-state index contributed by atoms with van der Waals surface area (Å²) in [5.74, 6) is -1.08. The molecule has 2 rings (SSSR count). The van der Waals surface area contributed by atoms with Crippen molar-refractivity contribution in [2.75, 3.05) is 7.05 Å². The standard InChI is InChI=1S/C18H21F2N/c1-10-8-11(2)13(4)17(12(10)3)18(21-5)15-7-6-14(19)9-16(15)20/h6-9,18,21H,1-5H3. The van der Waals surface area contributed by atoms with Gasteiger partial charge in [0.2, 0.25) is 0 Å². The van der Waals surface area contributed by atoms with E-state index in [1.165, 1.54) is 23.3 Å². The van der Waals surface area contributed by atoms with Crippen LogP contribution in [0.2, 0.25) is 0 Å². The molecule has 0 aliphatic carbocycles. The molecule has 0 aromatic heterocycles. The third kappa shape index (κ3) is 2.84. The number of rotatable bonds is 3. The van der Waals surface area contributed by atoms with Gasteiger partial charge < -0.3 is 5.32 Å². The van der Waals surface area contributed by atoms with Crippen molar-refractivity contribution in [1.29, 1.82) is 0 Å². The first kappa shape index (κ1) is 15.6. The van der Waals surface area contributed by atoms with E-state index in [9.17, 15) is 8.78 Å². The van der Waals surface area contributed by atoms with Crippen LogP contribution in [-0.2, 0) is 0 Å². The molecule has 1 atom stereocenters. The van der Waals surface area contributed by atoms with Gasteiger partial charge in [-0.1, -0.05) is 12.1 Å². The molecule has 21 heavy (non-hydrogen) atoms. The second-order valence-corrected chi connectivity index (χ2v) is 5.56. The van der Waals surface area contributed by atoms with Crippen LogP contribution < -0.4 is 5.32 Å². The minimum absolute atomic E-state index is 0.288. The fourth-order valence-corrected chi connectivity index (χ4v) is 2.87. The largest absolute Gasteiger partial charge is 0.309 e. The van der Waals surface area contributed by atoms with Gasteiger partial charge in [-0.25, -0.2) is 8.78 Å². The van der Waals surface area contributed by atoms with Gasteiger partial charge in [-0.3, -0.25) is 0 Å². The van der Waals surface area contributed by atoms with Gasteiger partial charge in [0, 0.05) is 11.6 Å². The van der Waals surface area contributed by atoms with Gasteiger partial charge in [0.15, 0.2) is 0 Å². The van der Waals surface area contributed by atoms with E-state index in [1.54, 1.807) is 7.05 Å². The van der Waals surface area contributed by atoms with Crippen molar-refractivity contribution in [3.8, 4) is 0 Å². The summed E-state index contributed by atoms with van der Waals surface area (Å²) >= 11 is 0. The number of halogens is 2. The molecule has 0 heterocycles. The summed E-state index contributed by atoms with van der Waals surface area (Å²) in [6.45, 7) is 8.20. The first-order valence-electron chi connectivity index (χ1n) is 7.06. The summed E-state index contributed by atoms with van der Waals surface area (Å²) in [6.07, 6.45) is 0. The highest BCUT2D eigenvalue weighted by molar-refractivity contribution is 5.49. The van der Waals surface area contributed by atoms with Crippen LogP contribution in [0.3, 0.4) is 0 Å². The number of benzene rings is 2. The van der Waals surface area contributed by atoms with Gasteiger partial charge >= 0.3 is 0 Å². The molecule has 3 heteroatoms. The maximum Gasteiger partial charge on any atom is 0.131 e. The lowest BCUT2D eigenvalue weighted by Gasteiger charge is -2.24. The first-order valence-corrected chi connectivity index (χ1v) is 7.06. The molecule has 0 saturated heterocycles. The van der Waals surface area contributed by atoms with Crippen molar-refractivity contribution in [1.82, 2.24) is 5.32 Å². The van der Waals surface area contributed by atoms with Crippen LogP contribution in [0, 0.1) is 39.3 Å². The molecule has 0 fully saturated rings. The Morgan fingerprint density at radius 2 is 1.48 bits per heavy atom. The third-order valence-corrected chi connectivity index (χ3v) is 4.27. The van der Waals surface area contributed by atoms with Crippen molar-refractivity contribution >= 4 is 0 Å². The molecule has 2 aromatic carbocycles. The Morgan fingerprint density at radius 3 is 1.95 bits per heavy atom. The van der Waals surface area contributed by atoms with Crippen LogP contribution in [0.1, 0.15) is 39.4 Å². The van der Waals surface area contributed by atoms with E-state index >= 15 is 0 Å². The Hall–Kier alpha value is -1.74. The lowest BCUT2D eigenvalue weighted by atomic mass is 9.86. The first-order chi connectivity index (χ1) is 9.86. The van der Waals surface area contributed by atoms with Crippen LogP contribution in [0.25, 0.3) is 0 Å². The molecule has 1 N–H and O–H groups in total. The number of nitrogens with one attached hydrogen (secondary N) is 1. The highest BCUT2D eigenvalue weighted by Crippen LogP contribution is 2.32. The lowest BCUT2D eigenvalue weighted by Crippen LogP contribution is -2.22. The highest BCUT2D eigenvalue weighted by atomic mass is 19.1. The summed E-state index contributed by atoms with van der Waals surface area (Å²) in [7, 11) is 1.80. The molecule has 1 nitrogen and oxygen atoms in total. The van der Waals surface area contributed by atoms with Gasteiger partial charge in [-0.05, 0) is 68.6 Å². The molecule has 0 saturated carbocycles. The molecular weight excluding hydrogens is 268 g/mol. The zero-order chi connectivity index (χ0) is 15.7. The molecule has 2 aromatic rings. The quantitative estimate of drug-likeness (QED) is 0.876. The number of hydrogen-bond donors (Lipinski definition) is 1. The summed E-state index contributed by atoms with van der Waals surface area (Å²) < 4.78 is 27.3. The molecular formula is C18H21F2N. The summed E-state index contributed by atoms with van der Waals surface area (Å²) in [4.78, 5) is 0. The molecule has 0 amide bonds. The van der Waals surface area contributed by atoms with Crippen LogP contribution >= 0.6 is 0 Å². The SMILES string of the molecule is CNC(c1ccc(F)cc1F)c1c(C)c(C)cc(C)c1C. The summed E-state index contributed by atoms with van der Waals surface area (Å²) in [5, 5.41) is 3.17. The summed E-state index contributed by atoms with van der Waals surface area (Å²) in [5.41, 5.74) is 6.17. The van der Waals surface area contributed by atoms with Gasteiger partial charge in [0.05, 0.1) is 6.04 Å². The second kappa shape index (κ2) is 5.94. The van der Waals surface area contributed by atoms with Crippen LogP contribution in [0.4, 0.5) is 8.78 Å². The molecule has 0 radical (unpaired) electrons. The van der Waals surface area contributed by atoms with Gasteiger partial charge in [0.25, 0.3) is 0 Å². The van der Waals surface area contributed by atoms with Crippen molar-refractivity contribution in [2.24, 2.45) is 0 Å². The Labute approximate surface area is 125 Å². The molecule has 0 bridgehead atoms. The predicted molar refractivity (Wildman–Crippen MR) is 82.7 cm³/mol. The zero-order valence-corrected chi connectivity index (χ0v) is 13.1. The topological polar surface area (TPSA) is 12.0 Å². The van der Waals surface area contributed by atoms with E-state index in [0.717, 1.165) is 22.8 Å². The van der Waals surface area contributed by atoms with Crippen molar-refractivity contribution < 1.29 is 8.78 Å². The maximum absolute atomic E-state index is 14.2. The number of aryl methyl sites for hydroxylation is 2. The molecule has 0 spiro atoms. The normalized spacial score (nSPS) is 12.5. The molecule has 112 valence electrons. The van der Waals surface area contributed by atoms with Gasteiger partial charge in [-0.2, -0.15) is 0 Å². The Kier molecular flexibility index (Phi) is 4.43. The Bertz CT molecular complexity index is 651. The monoisotopic (exact) mass is 289 g/mol. The minimum atomic E-state index is -0.556. The van der Waals surface area contributed by atoms with E-state index in [-0.39, 0.29) is 6.04 Å². The summed E-state index contributed by atoms with van der Waals surface area (Å²) in [6, 6.07) is 5.61. The second-order valence-electron chi connectivity index (χ2n) is 5.56.